The lowest BCUT2D eigenvalue weighted by Crippen LogP contribution is -2.06. The maximum Gasteiger partial charge on any atom is 0.231 e. The summed E-state index contributed by atoms with van der Waals surface area (Å²) < 4.78 is 10.8. The summed E-state index contributed by atoms with van der Waals surface area (Å²) in [6.07, 6.45) is 1.84. The van der Waals surface area contributed by atoms with Crippen LogP contribution in [0.3, 0.4) is 0 Å². The highest BCUT2D eigenvalue weighted by Gasteiger charge is 2.18. The Bertz CT molecular complexity index is 578. The minimum Gasteiger partial charge on any atom is -0.454 e. The minimum absolute atomic E-state index is 0.299. The quantitative estimate of drug-likeness (QED) is 0.866. The maximum absolute atomic E-state index is 5.42. The third kappa shape index (κ3) is 1.73. The normalized spacial score (nSPS) is 13.0. The molecule has 0 bridgehead atoms. The van der Waals surface area contributed by atoms with Crippen LogP contribution in [0.5, 0.6) is 11.5 Å². The molecular formula is C13H15N3O2. The molecule has 0 fully saturated rings. The summed E-state index contributed by atoms with van der Waals surface area (Å²) in [5.41, 5.74) is 4.44. The van der Waals surface area contributed by atoms with Gasteiger partial charge in [0.1, 0.15) is 0 Å². The SMILES string of the molecule is CNCc1[nH]ncc1-c1cc2c(cc1C)OCO2. The molecule has 0 amide bonds. The molecule has 0 radical (unpaired) electrons. The molecule has 3 rings (SSSR count). The van der Waals surface area contributed by atoms with Gasteiger partial charge in [0.05, 0.1) is 11.9 Å². The van der Waals surface area contributed by atoms with E-state index in [0.29, 0.717) is 6.79 Å². The Labute approximate surface area is 105 Å². The van der Waals surface area contributed by atoms with Crippen LogP contribution in [0, 0.1) is 6.92 Å². The van der Waals surface area contributed by atoms with Crippen molar-refractivity contribution in [3.05, 3.63) is 29.6 Å². The van der Waals surface area contributed by atoms with E-state index in [1.54, 1.807) is 0 Å². The van der Waals surface area contributed by atoms with Crippen molar-refractivity contribution in [1.29, 1.82) is 0 Å². The lowest BCUT2D eigenvalue weighted by Gasteiger charge is -2.08. The molecule has 0 aliphatic carbocycles. The number of nitrogens with zero attached hydrogens (tertiary/aromatic N) is 1. The summed E-state index contributed by atoms with van der Waals surface area (Å²) in [6.45, 7) is 3.11. The number of aromatic amines is 1. The van der Waals surface area contributed by atoms with E-state index in [4.69, 9.17) is 9.47 Å². The fourth-order valence-corrected chi connectivity index (χ4v) is 2.19. The van der Waals surface area contributed by atoms with E-state index < -0.39 is 0 Å². The van der Waals surface area contributed by atoms with Crippen molar-refractivity contribution in [2.75, 3.05) is 13.8 Å². The second kappa shape index (κ2) is 4.34. The van der Waals surface area contributed by atoms with Gasteiger partial charge in [-0.3, -0.25) is 5.10 Å². The molecule has 5 heteroatoms. The van der Waals surface area contributed by atoms with E-state index in [1.807, 2.05) is 25.4 Å². The van der Waals surface area contributed by atoms with Gasteiger partial charge in [-0.15, -0.1) is 0 Å². The summed E-state index contributed by atoms with van der Waals surface area (Å²) in [7, 11) is 1.91. The third-order valence-electron chi connectivity index (χ3n) is 3.08. The molecule has 0 atom stereocenters. The molecule has 1 aromatic carbocycles. The van der Waals surface area contributed by atoms with E-state index in [2.05, 4.69) is 22.4 Å². The standard InChI is InChI=1S/C13H15N3O2/c1-8-3-12-13(18-7-17-12)4-9(8)10-5-15-16-11(10)6-14-2/h3-5,14H,6-7H2,1-2H3,(H,15,16). The van der Waals surface area contributed by atoms with Crippen LogP contribution < -0.4 is 14.8 Å². The minimum atomic E-state index is 0.299. The van der Waals surface area contributed by atoms with Gasteiger partial charge in [-0.25, -0.2) is 0 Å². The predicted octanol–water partition coefficient (Wildman–Crippen LogP) is 1.83. The van der Waals surface area contributed by atoms with Crippen molar-refractivity contribution in [3.8, 4) is 22.6 Å². The van der Waals surface area contributed by atoms with Gasteiger partial charge in [0.25, 0.3) is 0 Å². The van der Waals surface area contributed by atoms with E-state index in [9.17, 15) is 0 Å². The summed E-state index contributed by atoms with van der Waals surface area (Å²) >= 11 is 0. The summed E-state index contributed by atoms with van der Waals surface area (Å²) in [5.74, 6) is 1.61. The number of H-pyrrole nitrogens is 1. The smallest absolute Gasteiger partial charge is 0.231 e. The molecular weight excluding hydrogens is 230 g/mol. The van der Waals surface area contributed by atoms with Gasteiger partial charge < -0.3 is 14.8 Å². The van der Waals surface area contributed by atoms with Crippen molar-refractivity contribution < 1.29 is 9.47 Å². The van der Waals surface area contributed by atoms with E-state index >= 15 is 0 Å². The highest BCUT2D eigenvalue weighted by molar-refractivity contribution is 5.72. The van der Waals surface area contributed by atoms with Crippen molar-refractivity contribution in [2.45, 2.75) is 13.5 Å². The maximum atomic E-state index is 5.42. The van der Waals surface area contributed by atoms with Crippen LogP contribution in [-0.2, 0) is 6.54 Å². The van der Waals surface area contributed by atoms with Crippen LogP contribution in [0.1, 0.15) is 11.3 Å². The van der Waals surface area contributed by atoms with Gasteiger partial charge >= 0.3 is 0 Å². The molecule has 1 aliphatic heterocycles. The lowest BCUT2D eigenvalue weighted by atomic mass is 10.00. The number of hydrogen-bond acceptors (Lipinski definition) is 4. The van der Waals surface area contributed by atoms with Crippen molar-refractivity contribution >= 4 is 0 Å². The molecule has 18 heavy (non-hydrogen) atoms. The highest BCUT2D eigenvalue weighted by Crippen LogP contribution is 2.38. The van der Waals surface area contributed by atoms with Crippen molar-refractivity contribution in [2.24, 2.45) is 0 Å². The molecule has 2 aromatic rings. The number of ether oxygens (including phenoxy) is 2. The Kier molecular flexibility index (Phi) is 2.68. The van der Waals surface area contributed by atoms with Crippen LogP contribution in [0.25, 0.3) is 11.1 Å². The molecule has 0 unspecified atom stereocenters. The number of nitrogens with one attached hydrogen (secondary N) is 2. The number of fused-ring (bicyclic) bond motifs is 1. The molecule has 0 spiro atoms. The second-order valence-corrected chi connectivity index (χ2v) is 4.31. The number of hydrogen-bond donors (Lipinski definition) is 2. The van der Waals surface area contributed by atoms with Gasteiger partial charge in [-0.1, -0.05) is 0 Å². The number of aromatic nitrogens is 2. The second-order valence-electron chi connectivity index (χ2n) is 4.31. The average molecular weight is 245 g/mol. The first-order valence-corrected chi connectivity index (χ1v) is 5.87. The van der Waals surface area contributed by atoms with Gasteiger partial charge in [0.15, 0.2) is 11.5 Å². The van der Waals surface area contributed by atoms with E-state index in [-0.39, 0.29) is 0 Å². The number of aryl methyl sites for hydroxylation is 1. The Morgan fingerprint density at radius 1 is 1.28 bits per heavy atom. The predicted molar refractivity (Wildman–Crippen MR) is 67.6 cm³/mol. The van der Waals surface area contributed by atoms with Gasteiger partial charge in [-0.2, -0.15) is 5.10 Å². The fourth-order valence-electron chi connectivity index (χ4n) is 2.19. The molecule has 2 heterocycles. The molecule has 0 saturated heterocycles. The molecule has 2 N–H and O–H groups in total. The lowest BCUT2D eigenvalue weighted by molar-refractivity contribution is 0.174. The Balaban J connectivity index is 2.08. The van der Waals surface area contributed by atoms with E-state index in [1.165, 1.54) is 0 Å². The molecule has 94 valence electrons. The first kappa shape index (κ1) is 11.1. The van der Waals surface area contributed by atoms with Crippen LogP contribution in [0.4, 0.5) is 0 Å². The van der Waals surface area contributed by atoms with E-state index in [0.717, 1.165) is 40.4 Å². The largest absolute Gasteiger partial charge is 0.454 e. The fraction of sp³-hybridized carbons (Fsp3) is 0.308. The Hall–Kier alpha value is -2.01. The highest BCUT2D eigenvalue weighted by atomic mass is 16.7. The van der Waals surface area contributed by atoms with Crippen molar-refractivity contribution in [3.63, 3.8) is 0 Å². The van der Waals surface area contributed by atoms with Gasteiger partial charge in [0.2, 0.25) is 6.79 Å². The zero-order valence-corrected chi connectivity index (χ0v) is 10.4. The summed E-state index contributed by atoms with van der Waals surface area (Å²) in [5, 5.41) is 10.3. The summed E-state index contributed by atoms with van der Waals surface area (Å²) in [4.78, 5) is 0. The zero-order chi connectivity index (χ0) is 12.5. The van der Waals surface area contributed by atoms with Crippen LogP contribution >= 0.6 is 0 Å². The first-order valence-electron chi connectivity index (χ1n) is 5.87. The van der Waals surface area contributed by atoms with Gasteiger partial charge in [0, 0.05) is 12.1 Å². The Morgan fingerprint density at radius 3 is 2.83 bits per heavy atom. The topological polar surface area (TPSA) is 59.2 Å². The number of rotatable bonds is 3. The Morgan fingerprint density at radius 2 is 2.06 bits per heavy atom. The monoisotopic (exact) mass is 245 g/mol. The zero-order valence-electron chi connectivity index (χ0n) is 10.4. The van der Waals surface area contributed by atoms with Crippen LogP contribution in [0.15, 0.2) is 18.3 Å². The third-order valence-corrected chi connectivity index (χ3v) is 3.08. The van der Waals surface area contributed by atoms with Crippen molar-refractivity contribution in [1.82, 2.24) is 15.5 Å². The average Bonchev–Trinajstić information content (AvgIpc) is 2.96. The van der Waals surface area contributed by atoms with Crippen LogP contribution in [0.2, 0.25) is 0 Å². The number of benzene rings is 1. The molecule has 1 aliphatic rings. The summed E-state index contributed by atoms with van der Waals surface area (Å²) in [6, 6.07) is 4.02. The molecule has 5 nitrogen and oxygen atoms in total. The molecule has 1 aromatic heterocycles. The van der Waals surface area contributed by atoms with Gasteiger partial charge in [-0.05, 0) is 37.2 Å². The molecule has 0 saturated carbocycles. The van der Waals surface area contributed by atoms with Crippen LogP contribution in [-0.4, -0.2) is 24.0 Å². The first-order chi connectivity index (χ1) is 8.79.